The fourth-order valence-corrected chi connectivity index (χ4v) is 0.652. The van der Waals surface area contributed by atoms with E-state index in [1.165, 1.54) is 0 Å². The SMILES string of the molecule is N=CC(=O)NCC1(N)CC1. The molecule has 1 aliphatic carbocycles. The maximum Gasteiger partial charge on any atom is 0.261 e. The van der Waals surface area contributed by atoms with Crippen LogP contribution in [0.3, 0.4) is 0 Å². The van der Waals surface area contributed by atoms with Gasteiger partial charge in [-0.2, -0.15) is 0 Å². The number of nitrogens with two attached hydrogens (primary N) is 1. The topological polar surface area (TPSA) is 79.0 Å². The van der Waals surface area contributed by atoms with Crippen LogP contribution < -0.4 is 11.1 Å². The third kappa shape index (κ3) is 1.80. The highest BCUT2D eigenvalue weighted by molar-refractivity contribution is 6.24. The molecule has 0 aromatic rings. The minimum atomic E-state index is -0.364. The van der Waals surface area contributed by atoms with E-state index in [0.29, 0.717) is 6.54 Å². The first-order valence-electron chi connectivity index (χ1n) is 3.23. The van der Waals surface area contributed by atoms with Crippen LogP contribution in [0.1, 0.15) is 12.8 Å². The van der Waals surface area contributed by atoms with E-state index in [2.05, 4.69) is 5.32 Å². The Labute approximate surface area is 59.3 Å². The Balaban J connectivity index is 2.16. The molecule has 10 heavy (non-hydrogen) atoms. The quantitative estimate of drug-likeness (QED) is 0.452. The van der Waals surface area contributed by atoms with Gasteiger partial charge in [0.2, 0.25) is 0 Å². The Hall–Kier alpha value is -0.900. The molecule has 0 bridgehead atoms. The van der Waals surface area contributed by atoms with Crippen molar-refractivity contribution in [3.63, 3.8) is 0 Å². The summed E-state index contributed by atoms with van der Waals surface area (Å²) in [5.41, 5.74) is 5.51. The number of carbonyl (C=O) groups is 1. The number of carbonyl (C=O) groups excluding carboxylic acids is 1. The lowest BCUT2D eigenvalue weighted by atomic mass is 10.3. The van der Waals surface area contributed by atoms with E-state index in [0.717, 1.165) is 19.1 Å². The van der Waals surface area contributed by atoms with Gasteiger partial charge < -0.3 is 16.5 Å². The number of rotatable bonds is 3. The number of amides is 1. The van der Waals surface area contributed by atoms with Gasteiger partial charge >= 0.3 is 0 Å². The minimum absolute atomic E-state index is 0.154. The molecule has 1 saturated carbocycles. The molecule has 4 N–H and O–H groups in total. The first-order valence-corrected chi connectivity index (χ1v) is 3.23. The van der Waals surface area contributed by atoms with Crippen LogP contribution in [0.25, 0.3) is 0 Å². The number of hydrogen-bond donors (Lipinski definition) is 3. The van der Waals surface area contributed by atoms with Gasteiger partial charge in [0.1, 0.15) is 0 Å². The monoisotopic (exact) mass is 141 g/mol. The molecule has 0 saturated heterocycles. The molecule has 1 fully saturated rings. The molecule has 0 heterocycles. The Morgan fingerprint density at radius 3 is 2.80 bits per heavy atom. The zero-order valence-electron chi connectivity index (χ0n) is 5.68. The zero-order valence-corrected chi connectivity index (χ0v) is 5.68. The van der Waals surface area contributed by atoms with Crippen molar-refractivity contribution in [2.45, 2.75) is 18.4 Å². The molecule has 56 valence electrons. The molecule has 4 heteroatoms. The maximum atomic E-state index is 10.5. The van der Waals surface area contributed by atoms with Gasteiger partial charge in [-0.25, -0.2) is 0 Å². The molecule has 0 unspecified atom stereocenters. The summed E-state index contributed by atoms with van der Waals surface area (Å²) in [7, 11) is 0. The van der Waals surface area contributed by atoms with Gasteiger partial charge in [0, 0.05) is 12.1 Å². The van der Waals surface area contributed by atoms with Crippen LogP contribution in [0, 0.1) is 5.41 Å². The van der Waals surface area contributed by atoms with Crippen LogP contribution >= 0.6 is 0 Å². The Kier molecular flexibility index (Phi) is 1.72. The van der Waals surface area contributed by atoms with E-state index in [9.17, 15) is 4.79 Å². The third-order valence-electron chi connectivity index (χ3n) is 1.64. The Morgan fingerprint density at radius 2 is 2.40 bits per heavy atom. The zero-order chi connectivity index (χ0) is 7.61. The summed E-state index contributed by atoms with van der Waals surface area (Å²) < 4.78 is 0. The highest BCUT2D eigenvalue weighted by Gasteiger charge is 2.37. The molecule has 1 amide bonds. The molecule has 1 aliphatic rings. The fourth-order valence-electron chi connectivity index (χ4n) is 0.652. The van der Waals surface area contributed by atoms with Crippen molar-refractivity contribution in [1.82, 2.24) is 5.32 Å². The second-order valence-electron chi connectivity index (χ2n) is 2.72. The van der Waals surface area contributed by atoms with Crippen molar-refractivity contribution in [3.8, 4) is 0 Å². The molecule has 1 rings (SSSR count). The van der Waals surface area contributed by atoms with E-state index in [1.54, 1.807) is 0 Å². The van der Waals surface area contributed by atoms with E-state index >= 15 is 0 Å². The Bertz CT molecular complexity index is 162. The highest BCUT2D eigenvalue weighted by Crippen LogP contribution is 2.30. The second-order valence-corrected chi connectivity index (χ2v) is 2.72. The summed E-state index contributed by atoms with van der Waals surface area (Å²) in [5, 5.41) is 9.09. The molecule has 0 atom stereocenters. The van der Waals surface area contributed by atoms with Gasteiger partial charge in [-0.15, -0.1) is 0 Å². The van der Waals surface area contributed by atoms with Crippen LogP contribution in [0.5, 0.6) is 0 Å². The average molecular weight is 141 g/mol. The van der Waals surface area contributed by atoms with Gasteiger partial charge in [-0.3, -0.25) is 4.79 Å². The van der Waals surface area contributed by atoms with Crippen molar-refractivity contribution in [1.29, 1.82) is 5.41 Å². The summed E-state index contributed by atoms with van der Waals surface area (Å²) in [6.45, 7) is 0.501. The first-order chi connectivity index (χ1) is 4.66. The summed E-state index contributed by atoms with van der Waals surface area (Å²) in [6.07, 6.45) is 2.71. The fraction of sp³-hybridized carbons (Fsp3) is 0.667. The predicted molar refractivity (Wildman–Crippen MR) is 37.9 cm³/mol. The molecule has 4 nitrogen and oxygen atoms in total. The molecular weight excluding hydrogens is 130 g/mol. The largest absolute Gasteiger partial charge is 0.349 e. The highest BCUT2D eigenvalue weighted by atomic mass is 16.1. The van der Waals surface area contributed by atoms with Crippen molar-refractivity contribution < 1.29 is 4.79 Å². The van der Waals surface area contributed by atoms with Crippen molar-refractivity contribution in [2.75, 3.05) is 6.54 Å². The molecule has 0 radical (unpaired) electrons. The summed E-state index contributed by atoms with van der Waals surface area (Å²) in [4.78, 5) is 10.5. The van der Waals surface area contributed by atoms with Crippen LogP contribution in [-0.4, -0.2) is 24.2 Å². The lowest BCUT2D eigenvalue weighted by Crippen LogP contribution is -2.39. The molecular formula is C6H11N3O. The smallest absolute Gasteiger partial charge is 0.261 e. The van der Waals surface area contributed by atoms with Crippen LogP contribution in [0.4, 0.5) is 0 Å². The molecule has 0 aliphatic heterocycles. The van der Waals surface area contributed by atoms with Crippen LogP contribution in [0.2, 0.25) is 0 Å². The Morgan fingerprint density at radius 1 is 1.80 bits per heavy atom. The standard InChI is InChI=1S/C6H11N3O/c7-3-5(10)9-4-6(8)1-2-6/h3,7H,1-2,4,8H2,(H,9,10). The van der Waals surface area contributed by atoms with E-state index in [1.807, 2.05) is 0 Å². The van der Waals surface area contributed by atoms with E-state index in [4.69, 9.17) is 11.1 Å². The number of nitrogens with one attached hydrogen (secondary N) is 2. The first kappa shape index (κ1) is 7.21. The van der Waals surface area contributed by atoms with E-state index < -0.39 is 0 Å². The maximum absolute atomic E-state index is 10.5. The van der Waals surface area contributed by atoms with Gasteiger partial charge in [0.05, 0.1) is 6.21 Å². The normalized spacial score (nSPS) is 19.7. The van der Waals surface area contributed by atoms with E-state index in [-0.39, 0.29) is 11.4 Å². The van der Waals surface area contributed by atoms with Gasteiger partial charge in [-0.1, -0.05) is 0 Å². The lowest BCUT2D eigenvalue weighted by molar-refractivity contribution is -0.114. The predicted octanol–water partition coefficient (Wildman–Crippen LogP) is -0.757. The van der Waals surface area contributed by atoms with Crippen LogP contribution in [0.15, 0.2) is 0 Å². The van der Waals surface area contributed by atoms with Gasteiger partial charge in [-0.05, 0) is 12.8 Å². The van der Waals surface area contributed by atoms with Crippen LogP contribution in [-0.2, 0) is 4.79 Å². The minimum Gasteiger partial charge on any atom is -0.349 e. The second kappa shape index (κ2) is 2.38. The van der Waals surface area contributed by atoms with Gasteiger partial charge in [0.15, 0.2) is 0 Å². The van der Waals surface area contributed by atoms with Crippen molar-refractivity contribution in [2.24, 2.45) is 5.73 Å². The molecule has 0 spiro atoms. The average Bonchev–Trinajstić information content (AvgIpc) is 2.64. The van der Waals surface area contributed by atoms with Crippen molar-refractivity contribution >= 4 is 12.1 Å². The summed E-state index contributed by atoms with van der Waals surface area (Å²) >= 11 is 0. The molecule has 0 aromatic heterocycles. The lowest BCUT2D eigenvalue weighted by Gasteiger charge is -2.06. The van der Waals surface area contributed by atoms with Crippen molar-refractivity contribution in [3.05, 3.63) is 0 Å². The summed E-state index contributed by atoms with van der Waals surface area (Å²) in [5.74, 6) is -0.364. The number of hydrogen-bond acceptors (Lipinski definition) is 3. The molecule has 0 aromatic carbocycles. The van der Waals surface area contributed by atoms with Gasteiger partial charge in [0.25, 0.3) is 5.91 Å². The third-order valence-corrected chi connectivity index (χ3v) is 1.64. The summed E-state index contributed by atoms with van der Waals surface area (Å²) in [6, 6.07) is 0.